The maximum Gasteiger partial charge on any atom is 0.272 e. The molecule has 7 nitrogen and oxygen atoms in total. The predicted octanol–water partition coefficient (Wildman–Crippen LogP) is 2.82. The Bertz CT molecular complexity index is 1030. The van der Waals surface area contributed by atoms with Gasteiger partial charge in [-0.2, -0.15) is 0 Å². The monoisotopic (exact) mass is 453 g/mol. The molecule has 0 bridgehead atoms. The topological polar surface area (TPSA) is 79.3 Å². The maximum absolute atomic E-state index is 14.6. The molecule has 0 saturated carbocycles. The molecule has 2 aromatic rings. The predicted molar refractivity (Wildman–Crippen MR) is 114 cm³/mol. The number of nitrogens with zero attached hydrogens (tertiary/aromatic N) is 3. The zero-order chi connectivity index (χ0) is 23.1. The average Bonchev–Trinajstić information content (AvgIpc) is 3.05. The Morgan fingerprint density at radius 3 is 2.48 bits per heavy atom. The summed E-state index contributed by atoms with van der Waals surface area (Å²) in [7, 11) is 3.40. The van der Waals surface area contributed by atoms with Crippen molar-refractivity contribution in [3.8, 4) is 11.4 Å². The molecule has 31 heavy (non-hydrogen) atoms. The van der Waals surface area contributed by atoms with Crippen molar-refractivity contribution in [2.75, 3.05) is 20.6 Å². The first-order chi connectivity index (χ1) is 14.4. The maximum atomic E-state index is 14.6. The third kappa shape index (κ3) is 4.57. The molecule has 0 saturated heterocycles. The van der Waals surface area contributed by atoms with Gasteiger partial charge in [0.25, 0.3) is 5.91 Å². The Labute approximate surface area is 184 Å². The van der Waals surface area contributed by atoms with Gasteiger partial charge >= 0.3 is 0 Å². The molecule has 1 aromatic carbocycles. The van der Waals surface area contributed by atoms with E-state index >= 15 is 0 Å². The zero-order valence-corrected chi connectivity index (χ0v) is 18.9. The molecule has 1 aliphatic heterocycles. The van der Waals surface area contributed by atoms with Gasteiger partial charge in [-0.1, -0.05) is 32.4 Å². The van der Waals surface area contributed by atoms with E-state index in [1.54, 1.807) is 4.57 Å². The first-order valence-corrected chi connectivity index (χ1v) is 10.3. The highest BCUT2D eigenvalue weighted by atomic mass is 35.5. The summed E-state index contributed by atoms with van der Waals surface area (Å²) in [6.07, 6.45) is 0. The Balaban J connectivity index is 2.08. The largest absolute Gasteiger partial charge is 0.357 e. The Hall–Kier alpha value is -2.52. The van der Waals surface area contributed by atoms with Crippen LogP contribution in [0.15, 0.2) is 12.1 Å². The second-order valence-corrected chi connectivity index (χ2v) is 9.16. The molecular weight excluding hydrogens is 428 g/mol. The Morgan fingerprint density at radius 1 is 1.19 bits per heavy atom. The number of likely N-dealkylation sites (N-methyl/N-ethyl adjacent to an activating group) is 2. The fourth-order valence-electron chi connectivity index (χ4n) is 3.59. The van der Waals surface area contributed by atoms with E-state index in [2.05, 4.69) is 15.6 Å². The summed E-state index contributed by atoms with van der Waals surface area (Å²) in [5.74, 6) is -2.37. The van der Waals surface area contributed by atoms with Crippen LogP contribution in [-0.4, -0.2) is 52.9 Å². The van der Waals surface area contributed by atoms with Gasteiger partial charge in [0.05, 0.1) is 16.3 Å². The van der Waals surface area contributed by atoms with Crippen molar-refractivity contribution in [3.05, 3.63) is 40.2 Å². The third-order valence-corrected chi connectivity index (χ3v) is 5.60. The summed E-state index contributed by atoms with van der Waals surface area (Å²) in [5.41, 5.74) is 0.145. The lowest BCUT2D eigenvalue weighted by atomic mass is 9.86. The van der Waals surface area contributed by atoms with Crippen LogP contribution in [-0.2, 0) is 17.9 Å². The SMILES string of the molecule is CNC(=O)C(NC(=O)c1nc(-c2cc(Cl)c(F)cc2F)n2c1CN(C)CC2)C(C)(C)C. The second-order valence-electron chi connectivity index (χ2n) is 8.75. The van der Waals surface area contributed by atoms with Crippen molar-refractivity contribution < 1.29 is 18.4 Å². The fraction of sp³-hybridized carbons (Fsp3) is 0.476. The number of amides is 2. The quantitative estimate of drug-likeness (QED) is 0.698. The number of rotatable bonds is 4. The number of nitrogens with one attached hydrogen (secondary N) is 2. The molecule has 168 valence electrons. The van der Waals surface area contributed by atoms with Gasteiger partial charge in [0.15, 0.2) is 5.69 Å². The minimum atomic E-state index is -0.871. The molecule has 3 rings (SSSR count). The van der Waals surface area contributed by atoms with E-state index in [1.165, 1.54) is 13.1 Å². The molecule has 0 aliphatic carbocycles. The smallest absolute Gasteiger partial charge is 0.272 e. The molecule has 2 N–H and O–H groups in total. The Morgan fingerprint density at radius 2 is 1.87 bits per heavy atom. The summed E-state index contributed by atoms with van der Waals surface area (Å²) in [5, 5.41) is 5.09. The number of fused-ring (bicyclic) bond motifs is 1. The zero-order valence-electron chi connectivity index (χ0n) is 18.1. The van der Waals surface area contributed by atoms with E-state index < -0.39 is 29.0 Å². The second kappa shape index (κ2) is 8.55. The van der Waals surface area contributed by atoms with Crippen molar-refractivity contribution in [2.45, 2.75) is 39.9 Å². The molecule has 2 heterocycles. The van der Waals surface area contributed by atoms with Gasteiger partial charge in [0, 0.05) is 32.7 Å². The summed E-state index contributed by atoms with van der Waals surface area (Å²) < 4.78 is 30.0. The van der Waals surface area contributed by atoms with Gasteiger partial charge in [0.2, 0.25) is 5.91 Å². The van der Waals surface area contributed by atoms with E-state index in [0.29, 0.717) is 31.4 Å². The van der Waals surface area contributed by atoms with Crippen LogP contribution in [0, 0.1) is 17.0 Å². The standard InChI is InChI=1S/C21H26ClF2N5O2/c1-21(2,3)17(20(31)25-4)27-19(30)16-15-10-28(5)6-7-29(15)18(26-16)11-8-12(22)14(24)9-13(11)23/h8-9,17H,6-7,10H2,1-5H3,(H,25,31)(H,27,30). The lowest BCUT2D eigenvalue weighted by Crippen LogP contribution is -2.53. The molecule has 10 heteroatoms. The van der Waals surface area contributed by atoms with Crippen molar-refractivity contribution >= 4 is 23.4 Å². The van der Waals surface area contributed by atoms with Crippen LogP contribution < -0.4 is 10.6 Å². The number of aromatic nitrogens is 2. The number of benzene rings is 1. The summed E-state index contributed by atoms with van der Waals surface area (Å²) in [4.78, 5) is 32.0. The lowest BCUT2D eigenvalue weighted by Gasteiger charge is -2.30. The molecule has 1 aliphatic rings. The van der Waals surface area contributed by atoms with E-state index in [4.69, 9.17) is 11.6 Å². The summed E-state index contributed by atoms with van der Waals surface area (Å²) in [6.45, 7) is 7.05. The lowest BCUT2D eigenvalue weighted by molar-refractivity contribution is -0.124. The number of halogens is 3. The molecule has 0 radical (unpaired) electrons. The van der Waals surface area contributed by atoms with Gasteiger partial charge in [-0.25, -0.2) is 13.8 Å². The van der Waals surface area contributed by atoms with Crippen molar-refractivity contribution in [3.63, 3.8) is 0 Å². The number of carbonyl (C=O) groups is 2. The number of carbonyl (C=O) groups excluding carboxylic acids is 2. The first-order valence-electron chi connectivity index (χ1n) is 9.89. The van der Waals surface area contributed by atoms with Crippen LogP contribution >= 0.6 is 11.6 Å². The molecule has 1 unspecified atom stereocenters. The van der Waals surface area contributed by atoms with Crippen LogP contribution in [0.4, 0.5) is 8.78 Å². The van der Waals surface area contributed by atoms with Gasteiger partial charge < -0.3 is 15.2 Å². The summed E-state index contributed by atoms with van der Waals surface area (Å²) >= 11 is 5.87. The molecule has 0 spiro atoms. The summed E-state index contributed by atoms with van der Waals surface area (Å²) in [6, 6.07) is 1.07. The average molecular weight is 454 g/mol. The molecule has 1 atom stereocenters. The number of hydrogen-bond donors (Lipinski definition) is 2. The normalized spacial score (nSPS) is 15.4. The van der Waals surface area contributed by atoms with Gasteiger partial charge in [-0.3, -0.25) is 14.5 Å². The van der Waals surface area contributed by atoms with Crippen LogP contribution in [0.5, 0.6) is 0 Å². The Kier molecular flexibility index (Phi) is 6.38. The highest BCUT2D eigenvalue weighted by Gasteiger charge is 2.35. The van der Waals surface area contributed by atoms with Crippen LogP contribution in [0.25, 0.3) is 11.4 Å². The minimum absolute atomic E-state index is 0.00919. The van der Waals surface area contributed by atoms with Gasteiger partial charge in [0.1, 0.15) is 23.5 Å². The molecule has 0 fully saturated rings. The van der Waals surface area contributed by atoms with Crippen molar-refractivity contribution in [2.24, 2.45) is 5.41 Å². The number of hydrogen-bond acceptors (Lipinski definition) is 4. The molecule has 2 amide bonds. The highest BCUT2D eigenvalue weighted by Crippen LogP contribution is 2.31. The highest BCUT2D eigenvalue weighted by molar-refractivity contribution is 6.31. The van der Waals surface area contributed by atoms with Crippen LogP contribution in [0.1, 0.15) is 37.0 Å². The van der Waals surface area contributed by atoms with E-state index in [-0.39, 0.29) is 28.0 Å². The van der Waals surface area contributed by atoms with E-state index in [1.807, 2.05) is 32.7 Å². The van der Waals surface area contributed by atoms with Crippen molar-refractivity contribution in [1.29, 1.82) is 0 Å². The van der Waals surface area contributed by atoms with Crippen LogP contribution in [0.3, 0.4) is 0 Å². The first kappa shape index (κ1) is 23.1. The van der Waals surface area contributed by atoms with E-state index in [9.17, 15) is 18.4 Å². The molecule has 1 aromatic heterocycles. The van der Waals surface area contributed by atoms with Gasteiger partial charge in [-0.15, -0.1) is 0 Å². The van der Waals surface area contributed by atoms with Crippen molar-refractivity contribution in [1.82, 2.24) is 25.1 Å². The number of imidazole rings is 1. The van der Waals surface area contributed by atoms with E-state index in [0.717, 1.165) is 0 Å². The third-order valence-electron chi connectivity index (χ3n) is 5.31. The van der Waals surface area contributed by atoms with Gasteiger partial charge in [-0.05, 0) is 18.5 Å². The molecular formula is C21H26ClF2N5O2. The minimum Gasteiger partial charge on any atom is -0.357 e. The van der Waals surface area contributed by atoms with Crippen LogP contribution in [0.2, 0.25) is 5.02 Å². The fourth-order valence-corrected chi connectivity index (χ4v) is 3.76.